The molecule has 10 aromatic rings. The third-order valence-corrected chi connectivity index (χ3v) is 11.8. The lowest BCUT2D eigenvalue weighted by atomic mass is 9.86. The van der Waals surface area contributed by atoms with E-state index < -0.39 is 0 Å². The highest BCUT2D eigenvalue weighted by Gasteiger charge is 2.23. The molecule has 0 aliphatic heterocycles. The molecule has 2 heteroatoms. The summed E-state index contributed by atoms with van der Waals surface area (Å²) in [5, 5.41) is 11.7. The molecule has 0 N–H and O–H groups in total. The van der Waals surface area contributed by atoms with Crippen molar-refractivity contribution < 1.29 is 0 Å². The highest BCUT2D eigenvalue weighted by atomic mass is 32.1. The Kier molecular flexibility index (Phi) is 5.72. The van der Waals surface area contributed by atoms with E-state index in [-0.39, 0.29) is 0 Å². The third-order valence-electron chi connectivity index (χ3n) is 9.45. The second-order valence-corrected chi connectivity index (χ2v) is 14.2. The zero-order valence-electron chi connectivity index (χ0n) is 24.8. The second kappa shape index (κ2) is 10.1. The Hall–Kier alpha value is -5.28. The summed E-state index contributed by atoms with van der Waals surface area (Å²) in [5.74, 6) is 0. The van der Waals surface area contributed by atoms with Crippen LogP contribution in [0.4, 0.5) is 0 Å². The van der Waals surface area contributed by atoms with Crippen molar-refractivity contribution in [3.05, 3.63) is 158 Å². The first-order chi connectivity index (χ1) is 22.8. The molecule has 2 aromatic heterocycles. The number of rotatable bonds is 3. The van der Waals surface area contributed by atoms with Crippen molar-refractivity contribution >= 4 is 85.2 Å². The monoisotopic (exact) mass is 618 g/mol. The third kappa shape index (κ3) is 3.84. The van der Waals surface area contributed by atoms with Gasteiger partial charge in [0.1, 0.15) is 0 Å². The van der Waals surface area contributed by atoms with Gasteiger partial charge in [-0.3, -0.25) is 0 Å². The first-order valence-electron chi connectivity index (χ1n) is 15.7. The van der Waals surface area contributed by atoms with Gasteiger partial charge in [-0.2, -0.15) is 0 Å². The van der Waals surface area contributed by atoms with Gasteiger partial charge in [0.2, 0.25) is 0 Å². The van der Waals surface area contributed by atoms with Crippen molar-refractivity contribution in [2.75, 3.05) is 0 Å². The standard InChI is InChI=1S/C44H26S2/c1-2-13-28(14-3-1)42-37-26-39-36(31-16-10-11-21-38(31)45-39)25-40(37)46-44(42)43-34-19-8-6-17-32(34)41(33-18-7-9-20-35(33)43)30-23-22-27-12-4-5-15-29(27)24-30/h1-26H. The van der Waals surface area contributed by atoms with Crippen LogP contribution in [0.2, 0.25) is 0 Å². The highest BCUT2D eigenvalue weighted by molar-refractivity contribution is 7.26. The van der Waals surface area contributed by atoms with E-state index in [2.05, 4.69) is 158 Å². The molecular formula is C44H26S2. The number of thiophene rings is 2. The molecule has 0 spiro atoms. The predicted octanol–water partition coefficient (Wildman–Crippen LogP) is 13.7. The van der Waals surface area contributed by atoms with Crippen LogP contribution in [0.1, 0.15) is 0 Å². The molecule has 10 rings (SSSR count). The fourth-order valence-corrected chi connectivity index (χ4v) is 9.86. The number of benzene rings is 8. The summed E-state index contributed by atoms with van der Waals surface area (Å²) < 4.78 is 4.02. The first-order valence-corrected chi connectivity index (χ1v) is 17.3. The van der Waals surface area contributed by atoms with Gasteiger partial charge in [-0.05, 0) is 73.3 Å². The lowest BCUT2D eigenvalue weighted by molar-refractivity contribution is 1.68. The zero-order valence-corrected chi connectivity index (χ0v) is 26.5. The zero-order chi connectivity index (χ0) is 30.2. The molecule has 0 unspecified atom stereocenters. The second-order valence-electron chi connectivity index (χ2n) is 12.0. The Labute approximate surface area is 274 Å². The van der Waals surface area contributed by atoms with E-state index in [1.54, 1.807) is 0 Å². The lowest BCUT2D eigenvalue weighted by Crippen LogP contribution is -1.91. The van der Waals surface area contributed by atoms with E-state index in [0.29, 0.717) is 0 Å². The summed E-state index contributed by atoms with van der Waals surface area (Å²) in [7, 11) is 0. The van der Waals surface area contributed by atoms with Crippen LogP contribution in [0.5, 0.6) is 0 Å². The Morgan fingerprint density at radius 2 is 0.848 bits per heavy atom. The maximum absolute atomic E-state index is 2.45. The molecular weight excluding hydrogens is 593 g/mol. The molecule has 0 saturated heterocycles. The van der Waals surface area contributed by atoms with E-state index in [1.165, 1.54) is 95.3 Å². The van der Waals surface area contributed by atoms with Gasteiger partial charge in [0.25, 0.3) is 0 Å². The van der Waals surface area contributed by atoms with Crippen LogP contribution in [0.3, 0.4) is 0 Å². The van der Waals surface area contributed by atoms with Gasteiger partial charge < -0.3 is 0 Å². The SMILES string of the molecule is c1ccc(-c2c(-c3c4ccccc4c(-c4ccc5ccccc5c4)c4ccccc34)sc3cc4c(cc23)sc2ccccc24)cc1. The topological polar surface area (TPSA) is 0 Å². The molecule has 2 heterocycles. The Bertz CT molecular complexity index is 2740. The molecule has 0 saturated carbocycles. The molecule has 0 bridgehead atoms. The van der Waals surface area contributed by atoms with Crippen LogP contribution in [0.25, 0.3) is 95.3 Å². The van der Waals surface area contributed by atoms with E-state index in [9.17, 15) is 0 Å². The predicted molar refractivity (Wildman–Crippen MR) is 204 cm³/mol. The number of hydrogen-bond acceptors (Lipinski definition) is 2. The van der Waals surface area contributed by atoms with Crippen LogP contribution >= 0.6 is 22.7 Å². The fraction of sp³-hybridized carbons (Fsp3) is 0. The summed E-state index contributed by atoms with van der Waals surface area (Å²) in [5.41, 5.74) is 6.47. The van der Waals surface area contributed by atoms with Crippen molar-refractivity contribution in [1.29, 1.82) is 0 Å². The average molecular weight is 619 g/mol. The molecule has 8 aromatic carbocycles. The number of fused-ring (bicyclic) bond motifs is 7. The van der Waals surface area contributed by atoms with Crippen molar-refractivity contribution in [3.8, 4) is 32.7 Å². The van der Waals surface area contributed by atoms with Crippen LogP contribution in [0.15, 0.2) is 158 Å². The Balaban J connectivity index is 1.34. The molecule has 214 valence electrons. The molecule has 0 aliphatic rings. The maximum Gasteiger partial charge on any atom is 0.0446 e. The number of hydrogen-bond donors (Lipinski definition) is 0. The van der Waals surface area contributed by atoms with Gasteiger partial charge in [-0.15, -0.1) is 22.7 Å². The smallest absolute Gasteiger partial charge is 0.0446 e. The van der Waals surface area contributed by atoms with Crippen molar-refractivity contribution in [1.82, 2.24) is 0 Å². The fourth-order valence-electron chi connectivity index (χ4n) is 7.41. The van der Waals surface area contributed by atoms with Crippen LogP contribution in [0, 0.1) is 0 Å². The van der Waals surface area contributed by atoms with Gasteiger partial charge in [-0.1, -0.05) is 133 Å². The summed E-state index contributed by atoms with van der Waals surface area (Å²) in [4.78, 5) is 1.33. The molecule has 0 fully saturated rings. The lowest BCUT2D eigenvalue weighted by Gasteiger charge is -2.18. The molecule has 0 radical (unpaired) electrons. The molecule has 0 nitrogen and oxygen atoms in total. The normalized spacial score (nSPS) is 11.9. The van der Waals surface area contributed by atoms with Crippen molar-refractivity contribution in [2.45, 2.75) is 0 Å². The minimum absolute atomic E-state index is 1.25. The Morgan fingerprint density at radius 1 is 0.283 bits per heavy atom. The largest absolute Gasteiger partial charge is 0.135 e. The van der Waals surface area contributed by atoms with Crippen LogP contribution in [-0.2, 0) is 0 Å². The van der Waals surface area contributed by atoms with E-state index >= 15 is 0 Å². The summed E-state index contributed by atoms with van der Waals surface area (Å²) in [6, 6.07) is 58.3. The van der Waals surface area contributed by atoms with Crippen LogP contribution < -0.4 is 0 Å². The first kappa shape index (κ1) is 26.0. The van der Waals surface area contributed by atoms with Gasteiger partial charge in [0.15, 0.2) is 0 Å². The van der Waals surface area contributed by atoms with E-state index in [4.69, 9.17) is 0 Å². The van der Waals surface area contributed by atoms with Crippen LogP contribution in [-0.4, -0.2) is 0 Å². The van der Waals surface area contributed by atoms with E-state index in [1.807, 2.05) is 22.7 Å². The average Bonchev–Trinajstić information content (AvgIpc) is 3.67. The van der Waals surface area contributed by atoms with Gasteiger partial charge >= 0.3 is 0 Å². The molecule has 0 amide bonds. The summed E-state index contributed by atoms with van der Waals surface area (Å²) in [6.45, 7) is 0. The maximum atomic E-state index is 2.45. The van der Waals surface area contributed by atoms with Gasteiger partial charge in [0.05, 0.1) is 0 Å². The quantitative estimate of drug-likeness (QED) is 0.173. The van der Waals surface area contributed by atoms with E-state index in [0.717, 1.165) is 0 Å². The van der Waals surface area contributed by atoms with Crippen molar-refractivity contribution in [2.24, 2.45) is 0 Å². The van der Waals surface area contributed by atoms with Gasteiger partial charge in [0, 0.05) is 46.3 Å². The Morgan fingerprint density at radius 3 is 1.59 bits per heavy atom. The van der Waals surface area contributed by atoms with Gasteiger partial charge in [-0.25, -0.2) is 0 Å². The molecule has 0 atom stereocenters. The molecule has 46 heavy (non-hydrogen) atoms. The summed E-state index contributed by atoms with van der Waals surface area (Å²) >= 11 is 3.83. The highest BCUT2D eigenvalue weighted by Crippen LogP contribution is 2.52. The minimum Gasteiger partial charge on any atom is -0.135 e. The molecule has 0 aliphatic carbocycles. The minimum atomic E-state index is 1.25. The van der Waals surface area contributed by atoms with Crippen molar-refractivity contribution in [3.63, 3.8) is 0 Å². The summed E-state index contributed by atoms with van der Waals surface area (Å²) in [6.07, 6.45) is 0.